The van der Waals surface area contributed by atoms with Gasteiger partial charge in [0.25, 0.3) is 5.91 Å². The summed E-state index contributed by atoms with van der Waals surface area (Å²) in [7, 11) is 0. The van der Waals surface area contributed by atoms with E-state index >= 15 is 0 Å². The van der Waals surface area contributed by atoms with Crippen LogP contribution >= 0.6 is 0 Å². The van der Waals surface area contributed by atoms with Gasteiger partial charge in [0, 0.05) is 18.0 Å². The van der Waals surface area contributed by atoms with Crippen LogP contribution in [0.25, 0.3) is 0 Å². The monoisotopic (exact) mass is 354 g/mol. The van der Waals surface area contributed by atoms with Crippen molar-refractivity contribution in [1.29, 1.82) is 0 Å². The van der Waals surface area contributed by atoms with E-state index in [2.05, 4.69) is 15.3 Å². The smallest absolute Gasteiger partial charge is 0.251 e. The number of nitrogens with one attached hydrogen (secondary N) is 1. The van der Waals surface area contributed by atoms with Crippen molar-refractivity contribution in [2.45, 2.75) is 37.9 Å². The molecule has 2 atom stereocenters. The Balaban J connectivity index is 1.41. The third-order valence-electron chi connectivity index (χ3n) is 5.32. The Hall–Kier alpha value is -2.18. The zero-order valence-electron chi connectivity index (χ0n) is 15.0. The molecule has 3 heterocycles. The SMILES string of the molecule is O=C(N[C@H]1COC[C@@H]1N1CCCCC1)c1cccc(Cn2cccn2)c1. The van der Waals surface area contributed by atoms with E-state index < -0.39 is 0 Å². The maximum Gasteiger partial charge on any atom is 0.251 e. The first-order chi connectivity index (χ1) is 12.8. The summed E-state index contributed by atoms with van der Waals surface area (Å²) in [5.41, 5.74) is 1.76. The van der Waals surface area contributed by atoms with Crippen LogP contribution in [0.5, 0.6) is 0 Å². The van der Waals surface area contributed by atoms with Crippen LogP contribution in [0.4, 0.5) is 0 Å². The zero-order valence-corrected chi connectivity index (χ0v) is 15.0. The van der Waals surface area contributed by atoms with Gasteiger partial charge in [-0.3, -0.25) is 14.4 Å². The predicted molar refractivity (Wildman–Crippen MR) is 99.1 cm³/mol. The number of ether oxygens (including phenoxy) is 1. The maximum absolute atomic E-state index is 12.8. The molecule has 0 bridgehead atoms. The van der Waals surface area contributed by atoms with Crippen molar-refractivity contribution in [3.05, 3.63) is 53.9 Å². The van der Waals surface area contributed by atoms with Gasteiger partial charge in [0.05, 0.1) is 31.8 Å². The molecule has 0 unspecified atom stereocenters. The lowest BCUT2D eigenvalue weighted by molar-refractivity contribution is 0.0899. The Morgan fingerprint density at radius 3 is 2.88 bits per heavy atom. The average molecular weight is 354 g/mol. The maximum atomic E-state index is 12.8. The Morgan fingerprint density at radius 1 is 1.19 bits per heavy atom. The van der Waals surface area contributed by atoms with Crippen LogP contribution in [0.15, 0.2) is 42.7 Å². The second-order valence-corrected chi connectivity index (χ2v) is 7.19. The molecule has 26 heavy (non-hydrogen) atoms. The molecular formula is C20H26N4O2. The lowest BCUT2D eigenvalue weighted by Gasteiger charge is -2.34. The molecule has 2 aliphatic rings. The molecule has 1 aromatic carbocycles. The molecule has 2 aromatic rings. The van der Waals surface area contributed by atoms with Gasteiger partial charge in [-0.2, -0.15) is 5.10 Å². The van der Waals surface area contributed by atoms with E-state index in [-0.39, 0.29) is 11.9 Å². The van der Waals surface area contributed by atoms with Crippen molar-refractivity contribution >= 4 is 5.91 Å². The van der Waals surface area contributed by atoms with Crippen LogP contribution in [0.1, 0.15) is 35.2 Å². The van der Waals surface area contributed by atoms with Gasteiger partial charge >= 0.3 is 0 Å². The topological polar surface area (TPSA) is 59.4 Å². The Labute approximate surface area is 154 Å². The van der Waals surface area contributed by atoms with E-state index in [1.54, 1.807) is 6.20 Å². The fourth-order valence-electron chi connectivity index (χ4n) is 3.93. The molecule has 0 spiro atoms. The van der Waals surface area contributed by atoms with Crippen molar-refractivity contribution < 1.29 is 9.53 Å². The molecule has 6 heteroatoms. The number of piperidine rings is 1. The van der Waals surface area contributed by atoms with E-state index in [0.29, 0.717) is 31.4 Å². The van der Waals surface area contributed by atoms with Crippen LogP contribution in [0.2, 0.25) is 0 Å². The van der Waals surface area contributed by atoms with Crippen molar-refractivity contribution in [1.82, 2.24) is 20.0 Å². The fourth-order valence-corrected chi connectivity index (χ4v) is 3.93. The molecule has 0 radical (unpaired) electrons. The number of benzene rings is 1. The molecule has 2 saturated heterocycles. The molecule has 138 valence electrons. The number of likely N-dealkylation sites (tertiary alicyclic amines) is 1. The molecule has 1 N–H and O–H groups in total. The molecule has 4 rings (SSSR count). The van der Waals surface area contributed by atoms with Crippen molar-refractivity contribution in [2.24, 2.45) is 0 Å². The number of hydrogen-bond donors (Lipinski definition) is 1. The van der Waals surface area contributed by atoms with E-state index in [4.69, 9.17) is 4.74 Å². The Morgan fingerprint density at radius 2 is 2.08 bits per heavy atom. The van der Waals surface area contributed by atoms with E-state index in [9.17, 15) is 4.79 Å². The second kappa shape index (κ2) is 8.01. The Bertz CT molecular complexity index is 725. The third kappa shape index (κ3) is 3.97. The van der Waals surface area contributed by atoms with Crippen molar-refractivity contribution in [3.8, 4) is 0 Å². The quantitative estimate of drug-likeness (QED) is 0.891. The summed E-state index contributed by atoms with van der Waals surface area (Å²) in [5.74, 6) is -0.0233. The standard InChI is InChI=1S/C20H26N4O2/c25-20(17-7-4-6-16(12-17)13-24-11-5-8-21-24)22-18-14-26-15-19(18)23-9-2-1-3-10-23/h4-8,11-12,18-19H,1-3,9-10,13-15H2,(H,22,25)/t18-,19-/m0/s1. The molecule has 0 aliphatic carbocycles. The van der Waals surface area contributed by atoms with Gasteiger partial charge in [-0.15, -0.1) is 0 Å². The normalized spacial score (nSPS) is 23.8. The minimum absolute atomic E-state index is 0.0233. The first-order valence-corrected chi connectivity index (χ1v) is 9.48. The van der Waals surface area contributed by atoms with Crippen LogP contribution < -0.4 is 5.32 Å². The van der Waals surface area contributed by atoms with E-state index in [0.717, 1.165) is 18.7 Å². The first-order valence-electron chi connectivity index (χ1n) is 9.48. The molecule has 2 aliphatic heterocycles. The number of carbonyl (C=O) groups excluding carboxylic acids is 1. The number of carbonyl (C=O) groups is 1. The molecular weight excluding hydrogens is 328 g/mol. The van der Waals surface area contributed by atoms with Crippen molar-refractivity contribution in [3.63, 3.8) is 0 Å². The average Bonchev–Trinajstić information content (AvgIpc) is 3.35. The van der Waals surface area contributed by atoms with Crippen LogP contribution in [-0.4, -0.2) is 59.0 Å². The second-order valence-electron chi connectivity index (χ2n) is 7.19. The molecule has 0 saturated carbocycles. The highest BCUT2D eigenvalue weighted by molar-refractivity contribution is 5.94. The van der Waals surface area contributed by atoms with Gasteiger partial charge < -0.3 is 10.1 Å². The summed E-state index contributed by atoms with van der Waals surface area (Å²) >= 11 is 0. The minimum Gasteiger partial charge on any atom is -0.378 e. The lowest BCUT2D eigenvalue weighted by Crippen LogP contribution is -2.52. The van der Waals surface area contributed by atoms with Gasteiger partial charge in [0.15, 0.2) is 0 Å². The van der Waals surface area contributed by atoms with Gasteiger partial charge in [-0.25, -0.2) is 0 Å². The molecule has 1 amide bonds. The summed E-state index contributed by atoms with van der Waals surface area (Å²) in [6, 6.07) is 10.0. The lowest BCUT2D eigenvalue weighted by atomic mass is 10.0. The fraction of sp³-hybridized carbons (Fsp3) is 0.500. The number of amides is 1. The van der Waals surface area contributed by atoms with Gasteiger partial charge in [0.2, 0.25) is 0 Å². The number of aromatic nitrogens is 2. The minimum atomic E-state index is -0.0233. The molecule has 1 aromatic heterocycles. The molecule has 6 nitrogen and oxygen atoms in total. The highest BCUT2D eigenvalue weighted by Gasteiger charge is 2.34. The zero-order chi connectivity index (χ0) is 17.8. The first kappa shape index (κ1) is 17.2. The van der Waals surface area contributed by atoms with Crippen LogP contribution in [0.3, 0.4) is 0 Å². The van der Waals surface area contributed by atoms with Crippen molar-refractivity contribution in [2.75, 3.05) is 26.3 Å². The van der Waals surface area contributed by atoms with Gasteiger partial charge in [-0.05, 0) is 49.7 Å². The van der Waals surface area contributed by atoms with Gasteiger partial charge in [0.1, 0.15) is 0 Å². The molecule has 2 fully saturated rings. The highest BCUT2D eigenvalue weighted by atomic mass is 16.5. The van der Waals surface area contributed by atoms with Gasteiger partial charge in [-0.1, -0.05) is 18.6 Å². The summed E-state index contributed by atoms with van der Waals surface area (Å²) in [6.45, 7) is 4.20. The summed E-state index contributed by atoms with van der Waals surface area (Å²) < 4.78 is 7.54. The highest BCUT2D eigenvalue weighted by Crippen LogP contribution is 2.19. The van der Waals surface area contributed by atoms with Crippen LogP contribution in [0, 0.1) is 0 Å². The summed E-state index contributed by atoms with van der Waals surface area (Å²) in [5, 5.41) is 7.43. The Kier molecular flexibility index (Phi) is 5.32. The number of rotatable bonds is 5. The number of nitrogens with zero attached hydrogens (tertiary/aromatic N) is 3. The summed E-state index contributed by atoms with van der Waals surface area (Å²) in [6.07, 6.45) is 7.48. The number of hydrogen-bond acceptors (Lipinski definition) is 4. The summed E-state index contributed by atoms with van der Waals surface area (Å²) in [4.78, 5) is 15.3. The van der Waals surface area contributed by atoms with E-state index in [1.807, 2.05) is 41.2 Å². The third-order valence-corrected chi connectivity index (χ3v) is 5.32. The van der Waals surface area contributed by atoms with Crippen LogP contribution in [-0.2, 0) is 11.3 Å². The van der Waals surface area contributed by atoms with E-state index in [1.165, 1.54) is 19.3 Å². The largest absolute Gasteiger partial charge is 0.378 e. The predicted octanol–water partition coefficient (Wildman–Crippen LogP) is 1.91.